The van der Waals surface area contributed by atoms with Gasteiger partial charge < -0.3 is 14.5 Å². The van der Waals surface area contributed by atoms with Crippen molar-refractivity contribution in [3.63, 3.8) is 0 Å². The molecule has 0 spiro atoms. The number of nitrogens with zero attached hydrogens (tertiary/aromatic N) is 4. The zero-order valence-electron chi connectivity index (χ0n) is 18.1. The van der Waals surface area contributed by atoms with Crippen LogP contribution in [-0.4, -0.2) is 47.1 Å². The van der Waals surface area contributed by atoms with Crippen molar-refractivity contribution in [3.8, 4) is 5.75 Å². The van der Waals surface area contributed by atoms with E-state index in [1.165, 1.54) is 5.56 Å². The number of amides is 1. The van der Waals surface area contributed by atoms with Crippen LogP contribution < -0.4 is 9.64 Å². The number of pyridine rings is 2. The number of aryl methyl sites for hydroxylation is 4. The molecule has 0 unspecified atom stereocenters. The van der Waals surface area contributed by atoms with Crippen molar-refractivity contribution in [2.45, 2.75) is 26.7 Å². The van der Waals surface area contributed by atoms with Gasteiger partial charge in [0.15, 0.2) is 0 Å². The summed E-state index contributed by atoms with van der Waals surface area (Å²) in [5.41, 5.74) is 4.47. The number of hydrogen-bond donors (Lipinski definition) is 0. The van der Waals surface area contributed by atoms with Crippen LogP contribution in [0.15, 0.2) is 60.8 Å². The molecule has 1 aliphatic heterocycles. The van der Waals surface area contributed by atoms with Crippen LogP contribution >= 0.6 is 0 Å². The fraction of sp³-hybridized carbons (Fsp3) is 0.320. The van der Waals surface area contributed by atoms with Crippen molar-refractivity contribution in [3.05, 3.63) is 83.3 Å². The zero-order chi connectivity index (χ0) is 21.6. The second-order valence-electron chi connectivity index (χ2n) is 7.95. The highest BCUT2D eigenvalue weighted by atomic mass is 16.6. The third kappa shape index (κ3) is 5.60. The number of aromatic nitrogens is 2. The molecule has 1 aromatic carbocycles. The van der Waals surface area contributed by atoms with Gasteiger partial charge >= 0.3 is 6.09 Å². The minimum atomic E-state index is -0.298. The molecule has 1 aliphatic rings. The molecule has 2 aromatic heterocycles. The molecule has 160 valence electrons. The second kappa shape index (κ2) is 9.60. The molecular weight excluding hydrogens is 388 g/mol. The molecule has 31 heavy (non-hydrogen) atoms. The van der Waals surface area contributed by atoms with Gasteiger partial charge in [-0.05, 0) is 68.1 Å². The molecule has 1 saturated heterocycles. The van der Waals surface area contributed by atoms with Crippen molar-refractivity contribution < 1.29 is 9.53 Å². The first-order valence-corrected chi connectivity index (χ1v) is 10.7. The standard InChI is InChI=1S/C25H28N4O2/c1-19-6-13-24(26-18-19)28-14-16-29(17-15-28)25(30)31-23-11-8-21(9-12-23)7-10-22-5-3-4-20(2)27-22/h3-6,8-9,11-13,18H,7,10,14-17H2,1-2H3. The first-order chi connectivity index (χ1) is 15.1. The molecule has 0 atom stereocenters. The molecule has 0 radical (unpaired) electrons. The molecule has 6 nitrogen and oxygen atoms in total. The van der Waals surface area contributed by atoms with Crippen molar-refractivity contribution in [1.29, 1.82) is 0 Å². The van der Waals surface area contributed by atoms with Crippen LogP contribution in [0.5, 0.6) is 5.75 Å². The van der Waals surface area contributed by atoms with Gasteiger partial charge in [-0.15, -0.1) is 0 Å². The molecule has 4 rings (SSSR count). The van der Waals surface area contributed by atoms with E-state index in [0.717, 1.165) is 48.7 Å². The molecule has 3 heterocycles. The smallest absolute Gasteiger partial charge is 0.410 e. The summed E-state index contributed by atoms with van der Waals surface area (Å²) >= 11 is 0. The Morgan fingerprint density at radius 2 is 1.71 bits per heavy atom. The summed E-state index contributed by atoms with van der Waals surface area (Å²) in [5.74, 6) is 1.53. The lowest BCUT2D eigenvalue weighted by Gasteiger charge is -2.34. The summed E-state index contributed by atoms with van der Waals surface area (Å²) in [6.07, 6.45) is 3.37. The second-order valence-corrected chi connectivity index (χ2v) is 7.95. The van der Waals surface area contributed by atoms with Crippen LogP contribution in [0.2, 0.25) is 0 Å². The van der Waals surface area contributed by atoms with Gasteiger partial charge in [-0.3, -0.25) is 4.98 Å². The van der Waals surface area contributed by atoms with Gasteiger partial charge in [0.25, 0.3) is 0 Å². The maximum atomic E-state index is 12.5. The van der Waals surface area contributed by atoms with Crippen LogP contribution in [0.3, 0.4) is 0 Å². The van der Waals surface area contributed by atoms with Crippen molar-refractivity contribution in [1.82, 2.24) is 14.9 Å². The molecule has 0 N–H and O–H groups in total. The molecule has 6 heteroatoms. The van der Waals surface area contributed by atoms with Crippen molar-refractivity contribution in [2.24, 2.45) is 0 Å². The first-order valence-electron chi connectivity index (χ1n) is 10.7. The summed E-state index contributed by atoms with van der Waals surface area (Å²) in [5, 5.41) is 0. The Kier molecular flexibility index (Phi) is 6.46. The number of hydrogen-bond acceptors (Lipinski definition) is 5. The van der Waals surface area contributed by atoms with Gasteiger partial charge in [-0.2, -0.15) is 0 Å². The normalized spacial score (nSPS) is 13.9. The number of carbonyl (C=O) groups excluding carboxylic acids is 1. The zero-order valence-corrected chi connectivity index (χ0v) is 18.1. The van der Waals surface area contributed by atoms with E-state index >= 15 is 0 Å². The molecule has 1 amide bonds. The number of carbonyl (C=O) groups is 1. The largest absolute Gasteiger partial charge is 0.415 e. The average Bonchev–Trinajstić information content (AvgIpc) is 2.79. The minimum Gasteiger partial charge on any atom is -0.410 e. The molecule has 0 bridgehead atoms. The summed E-state index contributed by atoms with van der Waals surface area (Å²) < 4.78 is 5.58. The molecule has 1 fully saturated rings. The first kappa shape index (κ1) is 20.8. The summed E-state index contributed by atoms with van der Waals surface area (Å²) in [6.45, 7) is 6.77. The van der Waals surface area contributed by atoms with Crippen molar-refractivity contribution in [2.75, 3.05) is 31.1 Å². The Morgan fingerprint density at radius 3 is 2.39 bits per heavy atom. The lowest BCUT2D eigenvalue weighted by atomic mass is 10.1. The molecule has 0 saturated carbocycles. The predicted molar refractivity (Wildman–Crippen MR) is 122 cm³/mol. The highest BCUT2D eigenvalue weighted by Gasteiger charge is 2.23. The summed E-state index contributed by atoms with van der Waals surface area (Å²) in [4.78, 5) is 25.5. The van der Waals surface area contributed by atoms with E-state index in [0.29, 0.717) is 18.8 Å². The number of rotatable bonds is 5. The van der Waals surface area contributed by atoms with Gasteiger partial charge in [-0.1, -0.05) is 24.3 Å². The molecular formula is C25H28N4O2. The Bertz CT molecular complexity index is 1010. The fourth-order valence-electron chi connectivity index (χ4n) is 3.67. The van der Waals surface area contributed by atoms with Crippen molar-refractivity contribution >= 4 is 11.9 Å². The number of ether oxygens (including phenoxy) is 1. The number of benzene rings is 1. The van der Waals surface area contributed by atoms with Gasteiger partial charge in [0.1, 0.15) is 11.6 Å². The van der Waals surface area contributed by atoms with E-state index in [1.54, 1.807) is 4.90 Å². The van der Waals surface area contributed by atoms with Gasteiger partial charge in [0.05, 0.1) is 0 Å². The third-order valence-corrected chi connectivity index (χ3v) is 5.50. The average molecular weight is 417 g/mol. The van der Waals surface area contributed by atoms with Crippen LogP contribution in [0.4, 0.5) is 10.6 Å². The summed E-state index contributed by atoms with van der Waals surface area (Å²) in [7, 11) is 0. The number of piperazine rings is 1. The van der Waals surface area contributed by atoms with Crippen LogP contribution in [-0.2, 0) is 12.8 Å². The lowest BCUT2D eigenvalue weighted by Crippen LogP contribution is -2.49. The van der Waals surface area contributed by atoms with Gasteiger partial charge in [0.2, 0.25) is 0 Å². The van der Waals surface area contributed by atoms with E-state index < -0.39 is 0 Å². The number of anilines is 1. The van der Waals surface area contributed by atoms with E-state index in [9.17, 15) is 4.79 Å². The summed E-state index contributed by atoms with van der Waals surface area (Å²) in [6, 6.07) is 17.9. The van der Waals surface area contributed by atoms with Crippen LogP contribution in [0, 0.1) is 13.8 Å². The van der Waals surface area contributed by atoms with Crippen LogP contribution in [0.25, 0.3) is 0 Å². The Hall–Kier alpha value is -3.41. The van der Waals surface area contributed by atoms with Crippen LogP contribution in [0.1, 0.15) is 22.5 Å². The molecule has 0 aliphatic carbocycles. The Labute approximate surface area is 183 Å². The van der Waals surface area contributed by atoms with Gasteiger partial charge in [-0.25, -0.2) is 9.78 Å². The Balaban J connectivity index is 1.25. The topological polar surface area (TPSA) is 58.6 Å². The fourth-order valence-corrected chi connectivity index (χ4v) is 3.67. The lowest BCUT2D eigenvalue weighted by molar-refractivity contribution is 0.149. The highest BCUT2D eigenvalue weighted by molar-refractivity contribution is 5.71. The van der Waals surface area contributed by atoms with E-state index in [1.807, 2.05) is 62.5 Å². The quantitative estimate of drug-likeness (QED) is 0.624. The SMILES string of the molecule is Cc1ccc(N2CCN(C(=O)Oc3ccc(CCc4cccc(C)n4)cc3)CC2)nc1. The molecule has 3 aromatic rings. The van der Waals surface area contributed by atoms with E-state index in [2.05, 4.69) is 27.0 Å². The Morgan fingerprint density at radius 1 is 0.935 bits per heavy atom. The van der Waals surface area contributed by atoms with E-state index in [-0.39, 0.29) is 6.09 Å². The van der Waals surface area contributed by atoms with E-state index in [4.69, 9.17) is 4.74 Å². The minimum absolute atomic E-state index is 0.298. The maximum absolute atomic E-state index is 12.5. The highest BCUT2D eigenvalue weighted by Crippen LogP contribution is 2.17. The monoisotopic (exact) mass is 416 g/mol. The predicted octanol–water partition coefficient (Wildman–Crippen LogP) is 4.20. The third-order valence-electron chi connectivity index (χ3n) is 5.50. The van der Waals surface area contributed by atoms with Gasteiger partial charge in [0, 0.05) is 43.8 Å². The maximum Gasteiger partial charge on any atom is 0.415 e.